The van der Waals surface area contributed by atoms with E-state index in [0.717, 1.165) is 11.8 Å². The van der Waals surface area contributed by atoms with Crippen LogP contribution in [0.2, 0.25) is 5.02 Å². The van der Waals surface area contributed by atoms with E-state index in [1.165, 1.54) is 4.57 Å². The van der Waals surface area contributed by atoms with Gasteiger partial charge in [-0.1, -0.05) is 53.7 Å². The predicted molar refractivity (Wildman–Crippen MR) is 133 cm³/mol. The summed E-state index contributed by atoms with van der Waals surface area (Å²) in [6.07, 6.45) is 0. The van der Waals surface area contributed by atoms with Gasteiger partial charge in [0.05, 0.1) is 27.9 Å². The molecular formula is C24H16ClN5O3S. The largest absolute Gasteiger partial charge is 0.493 e. The second-order valence-electron chi connectivity index (χ2n) is 7.28. The molecule has 0 saturated carbocycles. The van der Waals surface area contributed by atoms with Crippen LogP contribution in [0.4, 0.5) is 5.69 Å². The maximum Gasteiger partial charge on any atom is 0.275 e. The van der Waals surface area contributed by atoms with Gasteiger partial charge in [0.1, 0.15) is 0 Å². The molecule has 3 aromatic carbocycles. The van der Waals surface area contributed by atoms with Crippen LogP contribution in [0.5, 0.6) is 5.88 Å². The van der Waals surface area contributed by atoms with Crippen molar-refractivity contribution in [3.05, 3.63) is 88.2 Å². The number of halogens is 1. The number of nitrogens with one attached hydrogen (secondary N) is 1. The Labute approximate surface area is 201 Å². The van der Waals surface area contributed by atoms with Crippen molar-refractivity contribution in [3.8, 4) is 11.6 Å². The van der Waals surface area contributed by atoms with E-state index in [1.54, 1.807) is 54.6 Å². The fourth-order valence-electron chi connectivity index (χ4n) is 3.51. The lowest BCUT2D eigenvalue weighted by Gasteiger charge is -2.12. The Morgan fingerprint density at radius 1 is 1.06 bits per heavy atom. The highest BCUT2D eigenvalue weighted by Crippen LogP contribution is 2.36. The highest BCUT2D eigenvalue weighted by atomic mass is 35.5. The van der Waals surface area contributed by atoms with Crippen molar-refractivity contribution in [2.45, 2.75) is 5.16 Å². The van der Waals surface area contributed by atoms with Crippen LogP contribution in [0.25, 0.3) is 27.5 Å². The standard InChI is InChI=1S/C24H16ClN5O3S/c25-14-10-11-19-17(12-14)21(22(32)26-19)29-28-20(31)13-34-24-27-18-9-5-4-8-16(18)23(33)30(24)15-6-2-1-3-7-15/h1-12,26,32H,13H2. The lowest BCUT2D eigenvalue weighted by Crippen LogP contribution is -2.22. The quantitative estimate of drug-likeness (QED) is 0.189. The molecule has 0 saturated heterocycles. The summed E-state index contributed by atoms with van der Waals surface area (Å²) in [4.78, 5) is 33.1. The fourth-order valence-corrected chi connectivity index (χ4v) is 4.47. The summed E-state index contributed by atoms with van der Waals surface area (Å²) in [5.41, 5.74) is 1.69. The van der Waals surface area contributed by atoms with E-state index in [2.05, 4.69) is 20.2 Å². The zero-order chi connectivity index (χ0) is 23.7. The number of aromatic nitrogens is 3. The number of benzene rings is 3. The molecule has 168 valence electrons. The molecule has 2 aromatic heterocycles. The van der Waals surface area contributed by atoms with Crippen molar-refractivity contribution in [1.82, 2.24) is 14.5 Å². The van der Waals surface area contributed by atoms with E-state index in [4.69, 9.17) is 11.6 Å². The molecule has 0 aliphatic heterocycles. The Balaban J connectivity index is 1.44. The summed E-state index contributed by atoms with van der Waals surface area (Å²) in [6.45, 7) is 0. The number of aromatic hydroxyl groups is 1. The van der Waals surface area contributed by atoms with E-state index < -0.39 is 5.91 Å². The molecule has 0 unspecified atom stereocenters. The normalized spacial score (nSPS) is 11.6. The summed E-state index contributed by atoms with van der Waals surface area (Å²) in [6, 6.07) is 21.2. The van der Waals surface area contributed by atoms with Crippen LogP contribution in [0.1, 0.15) is 0 Å². The van der Waals surface area contributed by atoms with E-state index in [-0.39, 0.29) is 22.9 Å². The van der Waals surface area contributed by atoms with Crippen LogP contribution in [-0.2, 0) is 4.79 Å². The minimum absolute atomic E-state index is 0.106. The van der Waals surface area contributed by atoms with Crippen molar-refractivity contribution < 1.29 is 9.90 Å². The number of rotatable bonds is 5. The average molecular weight is 490 g/mol. The van der Waals surface area contributed by atoms with Crippen molar-refractivity contribution in [1.29, 1.82) is 0 Å². The second kappa shape index (κ2) is 9.12. The zero-order valence-corrected chi connectivity index (χ0v) is 19.0. The number of para-hydroxylation sites is 2. The molecule has 5 rings (SSSR count). The molecule has 2 heterocycles. The Morgan fingerprint density at radius 2 is 1.82 bits per heavy atom. The molecule has 0 fully saturated rings. The number of amides is 1. The first-order valence-electron chi connectivity index (χ1n) is 10.2. The molecule has 1 amide bonds. The Hall–Kier alpha value is -3.95. The summed E-state index contributed by atoms with van der Waals surface area (Å²) in [5.74, 6) is -0.872. The molecule has 10 heteroatoms. The molecule has 0 spiro atoms. The molecule has 2 N–H and O–H groups in total. The van der Waals surface area contributed by atoms with E-state index >= 15 is 0 Å². The van der Waals surface area contributed by atoms with Gasteiger partial charge in [-0.15, -0.1) is 10.2 Å². The van der Waals surface area contributed by atoms with Gasteiger partial charge in [-0.3, -0.25) is 14.2 Å². The molecule has 8 nitrogen and oxygen atoms in total. The van der Waals surface area contributed by atoms with Crippen molar-refractivity contribution in [2.24, 2.45) is 10.2 Å². The van der Waals surface area contributed by atoms with Gasteiger partial charge in [0.2, 0.25) is 5.88 Å². The molecule has 0 aliphatic carbocycles. The van der Waals surface area contributed by atoms with Crippen LogP contribution >= 0.6 is 23.4 Å². The first kappa shape index (κ1) is 21.9. The summed E-state index contributed by atoms with van der Waals surface area (Å²) < 4.78 is 1.48. The van der Waals surface area contributed by atoms with Gasteiger partial charge < -0.3 is 10.1 Å². The third kappa shape index (κ3) is 4.18. The first-order valence-corrected chi connectivity index (χ1v) is 11.5. The summed E-state index contributed by atoms with van der Waals surface area (Å²) in [5, 5.41) is 19.6. The van der Waals surface area contributed by atoms with E-state index in [1.807, 2.05) is 18.2 Å². The van der Waals surface area contributed by atoms with Crippen molar-refractivity contribution >= 4 is 56.8 Å². The SMILES string of the molecule is O=C(CSc1nc2ccccc2c(=O)n1-c1ccccc1)N=Nc1c(O)[nH]c2ccc(Cl)cc12. The van der Waals surface area contributed by atoms with Crippen LogP contribution in [0, 0.1) is 0 Å². The number of carbonyl (C=O) groups is 1. The van der Waals surface area contributed by atoms with Crippen LogP contribution in [0.15, 0.2) is 93.0 Å². The molecule has 0 radical (unpaired) electrons. The topological polar surface area (TPSA) is 113 Å². The minimum Gasteiger partial charge on any atom is -0.493 e. The van der Waals surface area contributed by atoms with Crippen molar-refractivity contribution in [2.75, 3.05) is 5.75 Å². The Kier molecular flexibility index (Phi) is 5.87. The molecule has 34 heavy (non-hydrogen) atoms. The predicted octanol–water partition coefficient (Wildman–Crippen LogP) is 5.63. The van der Waals surface area contributed by atoms with Crippen molar-refractivity contribution in [3.63, 3.8) is 0 Å². The number of hydrogen-bond donors (Lipinski definition) is 2. The maximum absolute atomic E-state index is 13.2. The number of thioether (sulfide) groups is 1. The number of hydrogen-bond acceptors (Lipinski definition) is 6. The number of azo groups is 1. The lowest BCUT2D eigenvalue weighted by molar-refractivity contribution is -0.115. The van der Waals surface area contributed by atoms with E-state index in [9.17, 15) is 14.7 Å². The van der Waals surface area contributed by atoms with Gasteiger partial charge in [-0.05, 0) is 42.5 Å². The first-order chi connectivity index (χ1) is 16.5. The molecule has 0 aliphatic rings. The van der Waals surface area contributed by atoms with Gasteiger partial charge in [-0.25, -0.2) is 4.98 Å². The number of carbonyl (C=O) groups excluding carboxylic acids is 1. The highest BCUT2D eigenvalue weighted by Gasteiger charge is 2.15. The minimum atomic E-state index is -0.553. The van der Waals surface area contributed by atoms with Crippen LogP contribution < -0.4 is 5.56 Å². The lowest BCUT2D eigenvalue weighted by atomic mass is 10.2. The molecule has 0 bridgehead atoms. The van der Waals surface area contributed by atoms with E-state index in [0.29, 0.717) is 37.7 Å². The second-order valence-corrected chi connectivity index (χ2v) is 8.66. The molecule has 0 atom stereocenters. The summed E-state index contributed by atoms with van der Waals surface area (Å²) in [7, 11) is 0. The third-order valence-corrected chi connectivity index (χ3v) is 6.22. The third-order valence-electron chi connectivity index (χ3n) is 5.06. The smallest absolute Gasteiger partial charge is 0.275 e. The van der Waals surface area contributed by atoms with Gasteiger partial charge in [0.25, 0.3) is 11.5 Å². The summed E-state index contributed by atoms with van der Waals surface area (Å²) >= 11 is 7.11. The van der Waals surface area contributed by atoms with Crippen LogP contribution in [-0.4, -0.2) is 31.3 Å². The molecule has 5 aromatic rings. The number of nitrogens with zero attached hydrogens (tertiary/aromatic N) is 4. The Bertz CT molecular complexity index is 1630. The van der Waals surface area contributed by atoms with Crippen LogP contribution in [0.3, 0.4) is 0 Å². The maximum atomic E-state index is 13.2. The van der Waals surface area contributed by atoms with Gasteiger partial charge in [-0.2, -0.15) is 0 Å². The number of aromatic amines is 1. The number of H-pyrrole nitrogens is 1. The Morgan fingerprint density at radius 3 is 2.65 bits per heavy atom. The average Bonchev–Trinajstić information content (AvgIpc) is 3.16. The number of fused-ring (bicyclic) bond motifs is 2. The van der Waals surface area contributed by atoms with Gasteiger partial charge >= 0.3 is 0 Å². The highest BCUT2D eigenvalue weighted by molar-refractivity contribution is 7.99. The molecular weight excluding hydrogens is 474 g/mol. The van der Waals surface area contributed by atoms with Gasteiger partial charge in [0.15, 0.2) is 10.8 Å². The van der Waals surface area contributed by atoms with Gasteiger partial charge in [0, 0.05) is 10.4 Å². The zero-order valence-electron chi connectivity index (χ0n) is 17.5. The monoisotopic (exact) mass is 489 g/mol. The fraction of sp³-hybridized carbons (Fsp3) is 0.0417.